The van der Waals surface area contributed by atoms with Crippen LogP contribution in [0.3, 0.4) is 0 Å². The second-order valence-electron chi connectivity index (χ2n) is 3.01. The van der Waals surface area contributed by atoms with Crippen LogP contribution in [0, 0.1) is 0 Å². The second kappa shape index (κ2) is 4.24. The van der Waals surface area contributed by atoms with Crippen molar-refractivity contribution in [2.75, 3.05) is 19.0 Å². The number of nitrogens with zero attached hydrogens (tertiary/aromatic N) is 1. The first kappa shape index (κ1) is 10.5. The number of anilines is 1. The van der Waals surface area contributed by atoms with Gasteiger partial charge in [-0.3, -0.25) is 0 Å². The fraction of sp³-hybridized carbons (Fsp3) is 0.300. The average molecular weight is 243 g/mol. The lowest BCUT2D eigenvalue weighted by atomic mass is 10.3. The molecule has 2 aromatic rings. The highest BCUT2D eigenvalue weighted by Crippen LogP contribution is 2.34. The van der Waals surface area contributed by atoms with Crippen LogP contribution in [0.5, 0.6) is 5.75 Å². The van der Waals surface area contributed by atoms with E-state index >= 15 is 0 Å². The molecular weight excluding hydrogens is 232 g/mol. The summed E-state index contributed by atoms with van der Waals surface area (Å²) >= 11 is 7.67. The van der Waals surface area contributed by atoms with E-state index < -0.39 is 0 Å². The van der Waals surface area contributed by atoms with Gasteiger partial charge in [0.1, 0.15) is 11.3 Å². The number of aromatic nitrogens is 1. The van der Waals surface area contributed by atoms with Crippen LogP contribution in [0.4, 0.5) is 5.13 Å². The first-order chi connectivity index (χ1) is 7.24. The van der Waals surface area contributed by atoms with Gasteiger partial charge >= 0.3 is 0 Å². The zero-order valence-corrected chi connectivity index (χ0v) is 10.1. The number of hydrogen-bond donors (Lipinski definition) is 1. The summed E-state index contributed by atoms with van der Waals surface area (Å²) in [7, 11) is 1.63. The van der Waals surface area contributed by atoms with E-state index in [-0.39, 0.29) is 0 Å². The van der Waals surface area contributed by atoms with Crippen molar-refractivity contribution < 1.29 is 4.74 Å². The topological polar surface area (TPSA) is 34.2 Å². The molecule has 1 N–H and O–H groups in total. The molecule has 0 saturated carbocycles. The number of nitrogens with one attached hydrogen (secondary N) is 1. The Morgan fingerprint density at radius 1 is 1.53 bits per heavy atom. The SMILES string of the molecule is CCNc1nc2c(Cl)cc(OC)cc2s1. The van der Waals surface area contributed by atoms with Crippen LogP contribution in [0.25, 0.3) is 10.2 Å². The predicted molar refractivity (Wildman–Crippen MR) is 65.3 cm³/mol. The van der Waals surface area contributed by atoms with E-state index in [0.29, 0.717) is 5.02 Å². The molecule has 1 heterocycles. The molecule has 0 unspecified atom stereocenters. The Morgan fingerprint density at radius 2 is 2.33 bits per heavy atom. The summed E-state index contributed by atoms with van der Waals surface area (Å²) in [5.74, 6) is 0.763. The number of thiazole rings is 1. The summed E-state index contributed by atoms with van der Waals surface area (Å²) in [6.45, 7) is 2.89. The van der Waals surface area contributed by atoms with E-state index in [4.69, 9.17) is 16.3 Å². The highest BCUT2D eigenvalue weighted by molar-refractivity contribution is 7.22. The van der Waals surface area contributed by atoms with Gasteiger partial charge in [-0.1, -0.05) is 22.9 Å². The molecule has 1 aromatic carbocycles. The van der Waals surface area contributed by atoms with Gasteiger partial charge in [0.2, 0.25) is 0 Å². The summed E-state index contributed by atoms with van der Waals surface area (Å²) in [6.07, 6.45) is 0. The van der Waals surface area contributed by atoms with Crippen molar-refractivity contribution in [2.24, 2.45) is 0 Å². The number of benzene rings is 1. The Kier molecular flexibility index (Phi) is 2.98. The van der Waals surface area contributed by atoms with E-state index in [1.165, 1.54) is 0 Å². The first-order valence-electron chi connectivity index (χ1n) is 4.62. The van der Waals surface area contributed by atoms with E-state index in [1.807, 2.05) is 13.0 Å². The number of halogens is 1. The molecule has 5 heteroatoms. The first-order valence-corrected chi connectivity index (χ1v) is 5.82. The van der Waals surface area contributed by atoms with Gasteiger partial charge in [0.05, 0.1) is 16.8 Å². The molecule has 0 amide bonds. The lowest BCUT2D eigenvalue weighted by Crippen LogP contribution is -1.94. The van der Waals surface area contributed by atoms with Crippen LogP contribution in [-0.2, 0) is 0 Å². The quantitative estimate of drug-likeness (QED) is 0.896. The molecule has 3 nitrogen and oxygen atoms in total. The van der Waals surface area contributed by atoms with E-state index in [0.717, 1.165) is 27.6 Å². The molecule has 0 aliphatic heterocycles. The van der Waals surface area contributed by atoms with Crippen molar-refractivity contribution in [1.82, 2.24) is 4.98 Å². The van der Waals surface area contributed by atoms with Crippen LogP contribution in [0.1, 0.15) is 6.92 Å². The Bertz CT molecular complexity index is 483. The van der Waals surface area contributed by atoms with E-state index in [1.54, 1.807) is 24.5 Å². The zero-order valence-electron chi connectivity index (χ0n) is 8.50. The van der Waals surface area contributed by atoms with Crippen LogP contribution in [0.2, 0.25) is 5.02 Å². The van der Waals surface area contributed by atoms with Gasteiger partial charge in [0.15, 0.2) is 5.13 Å². The molecule has 0 spiro atoms. The van der Waals surface area contributed by atoms with Crippen molar-refractivity contribution in [3.8, 4) is 5.75 Å². The minimum absolute atomic E-state index is 0.629. The second-order valence-corrected chi connectivity index (χ2v) is 4.44. The van der Waals surface area contributed by atoms with Gasteiger partial charge in [-0.25, -0.2) is 4.98 Å². The third-order valence-electron chi connectivity index (χ3n) is 1.99. The minimum atomic E-state index is 0.629. The zero-order chi connectivity index (χ0) is 10.8. The number of hydrogen-bond acceptors (Lipinski definition) is 4. The van der Waals surface area contributed by atoms with Crippen LogP contribution in [-0.4, -0.2) is 18.6 Å². The smallest absolute Gasteiger partial charge is 0.183 e. The van der Waals surface area contributed by atoms with E-state index in [2.05, 4.69) is 10.3 Å². The molecule has 80 valence electrons. The monoisotopic (exact) mass is 242 g/mol. The lowest BCUT2D eigenvalue weighted by Gasteiger charge is -1.99. The number of ether oxygens (including phenoxy) is 1. The fourth-order valence-corrected chi connectivity index (χ4v) is 2.61. The Hall–Kier alpha value is -1.000. The van der Waals surface area contributed by atoms with Crippen molar-refractivity contribution in [3.63, 3.8) is 0 Å². The maximum Gasteiger partial charge on any atom is 0.183 e. The Balaban J connectivity index is 2.54. The molecule has 2 rings (SSSR count). The summed E-state index contributed by atoms with van der Waals surface area (Å²) in [5.41, 5.74) is 0.832. The van der Waals surface area contributed by atoms with Gasteiger partial charge in [-0.2, -0.15) is 0 Å². The third kappa shape index (κ3) is 2.01. The summed E-state index contributed by atoms with van der Waals surface area (Å²) < 4.78 is 6.18. The maximum atomic E-state index is 6.09. The highest BCUT2D eigenvalue weighted by atomic mass is 35.5. The summed E-state index contributed by atoms with van der Waals surface area (Å²) in [4.78, 5) is 4.40. The predicted octanol–water partition coefficient (Wildman–Crippen LogP) is 3.39. The largest absolute Gasteiger partial charge is 0.497 e. The molecule has 0 bridgehead atoms. The van der Waals surface area contributed by atoms with Gasteiger partial charge in [-0.15, -0.1) is 0 Å². The van der Waals surface area contributed by atoms with Gasteiger partial charge < -0.3 is 10.1 Å². The molecule has 1 aromatic heterocycles. The number of rotatable bonds is 3. The van der Waals surface area contributed by atoms with Crippen molar-refractivity contribution in [3.05, 3.63) is 17.2 Å². The molecule has 0 aliphatic rings. The lowest BCUT2D eigenvalue weighted by molar-refractivity contribution is 0.415. The van der Waals surface area contributed by atoms with Crippen LogP contribution in [0.15, 0.2) is 12.1 Å². The van der Waals surface area contributed by atoms with Crippen LogP contribution < -0.4 is 10.1 Å². The Morgan fingerprint density at radius 3 is 3.00 bits per heavy atom. The summed E-state index contributed by atoms with van der Waals surface area (Å²) in [6, 6.07) is 3.72. The normalized spacial score (nSPS) is 10.6. The molecular formula is C10H11ClN2OS. The van der Waals surface area contributed by atoms with Gasteiger partial charge in [0.25, 0.3) is 0 Å². The molecule has 0 atom stereocenters. The third-order valence-corrected chi connectivity index (χ3v) is 3.23. The average Bonchev–Trinajstić information content (AvgIpc) is 2.61. The fourth-order valence-electron chi connectivity index (χ4n) is 1.31. The number of fused-ring (bicyclic) bond motifs is 1. The standard InChI is InChI=1S/C10H11ClN2OS/c1-3-12-10-13-9-7(11)4-6(14-2)5-8(9)15-10/h4-5H,3H2,1-2H3,(H,12,13). The Labute approximate surface area is 97.0 Å². The highest BCUT2D eigenvalue weighted by Gasteiger charge is 2.08. The van der Waals surface area contributed by atoms with Crippen molar-refractivity contribution >= 4 is 38.3 Å². The summed E-state index contributed by atoms with van der Waals surface area (Å²) in [5, 5.41) is 4.69. The minimum Gasteiger partial charge on any atom is -0.497 e. The maximum absolute atomic E-state index is 6.09. The van der Waals surface area contributed by atoms with Crippen molar-refractivity contribution in [2.45, 2.75) is 6.92 Å². The molecule has 0 radical (unpaired) electrons. The molecule has 0 fully saturated rings. The van der Waals surface area contributed by atoms with Crippen molar-refractivity contribution in [1.29, 1.82) is 0 Å². The number of methoxy groups -OCH3 is 1. The van der Waals surface area contributed by atoms with Gasteiger partial charge in [0, 0.05) is 12.6 Å². The van der Waals surface area contributed by atoms with Gasteiger partial charge in [-0.05, 0) is 13.0 Å². The molecule has 0 saturated heterocycles. The van der Waals surface area contributed by atoms with Crippen LogP contribution >= 0.6 is 22.9 Å². The molecule has 15 heavy (non-hydrogen) atoms. The molecule has 0 aliphatic carbocycles. The van der Waals surface area contributed by atoms with E-state index in [9.17, 15) is 0 Å².